The number of aromatic nitrogens is 1. The number of hydrogen-bond acceptors (Lipinski definition) is 3. The van der Waals surface area contributed by atoms with E-state index in [4.69, 9.17) is 0 Å². The van der Waals surface area contributed by atoms with Crippen molar-refractivity contribution < 1.29 is 4.79 Å². The van der Waals surface area contributed by atoms with Crippen molar-refractivity contribution in [3.8, 4) is 0 Å². The van der Waals surface area contributed by atoms with E-state index in [-0.39, 0.29) is 17.5 Å². The van der Waals surface area contributed by atoms with Crippen LogP contribution in [0.4, 0.5) is 0 Å². The summed E-state index contributed by atoms with van der Waals surface area (Å²) in [5.41, 5.74) is 0.218. The summed E-state index contributed by atoms with van der Waals surface area (Å²) in [5, 5.41) is 3.33. The molecule has 0 radical (unpaired) electrons. The van der Waals surface area contributed by atoms with Crippen molar-refractivity contribution in [2.75, 3.05) is 20.1 Å². The van der Waals surface area contributed by atoms with Gasteiger partial charge in [0.2, 0.25) is 5.56 Å². The second-order valence-electron chi connectivity index (χ2n) is 4.69. The quantitative estimate of drug-likeness (QED) is 0.806. The van der Waals surface area contributed by atoms with Crippen molar-refractivity contribution in [3.05, 3.63) is 34.2 Å². The predicted molar refractivity (Wildman–Crippen MR) is 69.7 cm³/mol. The fourth-order valence-electron chi connectivity index (χ4n) is 2.34. The van der Waals surface area contributed by atoms with Crippen LogP contribution >= 0.6 is 0 Å². The molecule has 2 N–H and O–H groups in total. The Morgan fingerprint density at radius 2 is 2.22 bits per heavy atom. The lowest BCUT2D eigenvalue weighted by molar-refractivity contribution is 0.0720. The molecule has 5 heteroatoms. The molecule has 98 valence electrons. The first-order chi connectivity index (χ1) is 8.68. The van der Waals surface area contributed by atoms with Gasteiger partial charge in [-0.2, -0.15) is 0 Å². The number of aromatic amines is 1. The van der Waals surface area contributed by atoms with Crippen molar-refractivity contribution >= 4 is 5.91 Å². The van der Waals surface area contributed by atoms with Gasteiger partial charge < -0.3 is 15.2 Å². The molecule has 0 spiro atoms. The fourth-order valence-corrected chi connectivity index (χ4v) is 2.34. The van der Waals surface area contributed by atoms with E-state index in [0.717, 1.165) is 32.4 Å². The Morgan fingerprint density at radius 3 is 3.00 bits per heavy atom. The minimum Gasteiger partial charge on any atom is -0.339 e. The van der Waals surface area contributed by atoms with Gasteiger partial charge in [-0.05, 0) is 38.4 Å². The zero-order valence-electron chi connectivity index (χ0n) is 10.6. The van der Waals surface area contributed by atoms with Crippen LogP contribution in [0.3, 0.4) is 0 Å². The number of nitrogens with one attached hydrogen (secondary N) is 2. The molecule has 1 aliphatic rings. The van der Waals surface area contributed by atoms with Gasteiger partial charge in [0.25, 0.3) is 5.91 Å². The van der Waals surface area contributed by atoms with Gasteiger partial charge in [0.05, 0.1) is 0 Å². The molecule has 18 heavy (non-hydrogen) atoms. The van der Waals surface area contributed by atoms with E-state index in [9.17, 15) is 9.59 Å². The minimum atomic E-state index is -0.239. The lowest BCUT2D eigenvalue weighted by Gasteiger charge is -2.27. The number of carbonyl (C=O) groups excluding carboxylic acids is 1. The van der Waals surface area contributed by atoms with Crippen LogP contribution in [0.15, 0.2) is 23.1 Å². The van der Waals surface area contributed by atoms with E-state index in [1.54, 1.807) is 11.0 Å². The summed E-state index contributed by atoms with van der Waals surface area (Å²) in [4.78, 5) is 27.8. The van der Waals surface area contributed by atoms with Gasteiger partial charge in [0.1, 0.15) is 0 Å². The molecule has 1 aromatic heterocycles. The predicted octanol–water partition coefficient (Wildman–Crippen LogP) is 0.589. The van der Waals surface area contributed by atoms with Crippen LogP contribution in [-0.2, 0) is 0 Å². The first-order valence-electron chi connectivity index (χ1n) is 6.35. The summed E-state index contributed by atoms with van der Waals surface area (Å²) < 4.78 is 0. The number of rotatable bonds is 2. The summed E-state index contributed by atoms with van der Waals surface area (Å²) in [5.74, 6) is -0.0759. The maximum absolute atomic E-state index is 12.3. The molecular weight excluding hydrogens is 230 g/mol. The number of H-pyrrole nitrogens is 1. The molecule has 1 saturated heterocycles. The lowest BCUT2D eigenvalue weighted by atomic mass is 10.1. The number of amides is 1. The summed E-state index contributed by atoms with van der Waals surface area (Å²) in [7, 11) is 1.82. The van der Waals surface area contributed by atoms with E-state index < -0.39 is 0 Å². The second kappa shape index (κ2) is 5.82. The highest BCUT2D eigenvalue weighted by atomic mass is 16.2. The standard InChI is InChI=1S/C13H19N3O2/c1-16(11-3-2-6-14-7-5-11)13(18)10-4-8-15-12(17)9-10/h4,8-9,11,14H,2-3,5-7H2,1H3,(H,15,17). The molecule has 1 amide bonds. The zero-order chi connectivity index (χ0) is 13.0. The maximum Gasteiger partial charge on any atom is 0.254 e. The van der Waals surface area contributed by atoms with Crippen molar-refractivity contribution in [3.63, 3.8) is 0 Å². The summed E-state index contributed by atoms with van der Waals surface area (Å²) in [6.07, 6.45) is 4.57. The van der Waals surface area contributed by atoms with Crippen molar-refractivity contribution in [2.24, 2.45) is 0 Å². The van der Waals surface area contributed by atoms with Gasteiger partial charge in [-0.15, -0.1) is 0 Å². The minimum absolute atomic E-state index is 0.0759. The zero-order valence-corrected chi connectivity index (χ0v) is 10.6. The van der Waals surface area contributed by atoms with E-state index in [2.05, 4.69) is 10.3 Å². The van der Waals surface area contributed by atoms with Crippen molar-refractivity contribution in [2.45, 2.75) is 25.3 Å². The third-order valence-electron chi connectivity index (χ3n) is 3.44. The number of pyridine rings is 1. The molecule has 2 rings (SSSR count). The summed E-state index contributed by atoms with van der Waals surface area (Å²) in [6.45, 7) is 1.96. The maximum atomic E-state index is 12.3. The average Bonchev–Trinajstić information content (AvgIpc) is 2.66. The van der Waals surface area contributed by atoms with Gasteiger partial charge in [0, 0.05) is 30.9 Å². The van der Waals surface area contributed by atoms with Gasteiger partial charge in [-0.25, -0.2) is 0 Å². The summed E-state index contributed by atoms with van der Waals surface area (Å²) >= 11 is 0. The van der Waals surface area contributed by atoms with Crippen LogP contribution in [0.25, 0.3) is 0 Å². The molecule has 1 aliphatic heterocycles. The topological polar surface area (TPSA) is 65.2 Å². The van der Waals surface area contributed by atoms with Crippen molar-refractivity contribution in [1.29, 1.82) is 0 Å². The number of hydrogen-bond donors (Lipinski definition) is 2. The monoisotopic (exact) mass is 249 g/mol. The summed E-state index contributed by atoms with van der Waals surface area (Å²) in [6, 6.07) is 3.26. The molecule has 1 aromatic rings. The molecule has 1 atom stereocenters. The molecule has 5 nitrogen and oxygen atoms in total. The highest BCUT2D eigenvalue weighted by Gasteiger charge is 2.22. The largest absolute Gasteiger partial charge is 0.339 e. The van der Waals surface area contributed by atoms with E-state index in [1.165, 1.54) is 12.3 Å². The lowest BCUT2D eigenvalue weighted by Crippen LogP contribution is -2.38. The molecule has 1 unspecified atom stereocenters. The molecule has 1 fully saturated rings. The third kappa shape index (κ3) is 2.98. The molecule has 0 bridgehead atoms. The Kier molecular flexibility index (Phi) is 4.15. The van der Waals surface area contributed by atoms with Crippen molar-refractivity contribution in [1.82, 2.24) is 15.2 Å². The Bertz CT molecular complexity index is 461. The highest BCUT2D eigenvalue weighted by molar-refractivity contribution is 5.94. The van der Waals surface area contributed by atoms with E-state index >= 15 is 0 Å². The third-order valence-corrected chi connectivity index (χ3v) is 3.44. The second-order valence-corrected chi connectivity index (χ2v) is 4.69. The average molecular weight is 249 g/mol. The van der Waals surface area contributed by atoms with Crippen LogP contribution in [0.1, 0.15) is 29.6 Å². The van der Waals surface area contributed by atoms with Crippen LogP contribution in [0.2, 0.25) is 0 Å². The SMILES string of the molecule is CN(C(=O)c1cc[nH]c(=O)c1)C1CCCNCC1. The van der Waals surface area contributed by atoms with E-state index in [0.29, 0.717) is 5.56 Å². The highest BCUT2D eigenvalue weighted by Crippen LogP contribution is 2.14. The normalized spacial score (nSPS) is 20.2. The molecular formula is C13H19N3O2. The van der Waals surface area contributed by atoms with Crippen LogP contribution < -0.4 is 10.9 Å². The van der Waals surface area contributed by atoms with Crippen LogP contribution in [0.5, 0.6) is 0 Å². The number of nitrogens with zero attached hydrogens (tertiary/aromatic N) is 1. The van der Waals surface area contributed by atoms with Gasteiger partial charge in [-0.1, -0.05) is 0 Å². The first-order valence-corrected chi connectivity index (χ1v) is 6.35. The van der Waals surface area contributed by atoms with Gasteiger partial charge in [-0.3, -0.25) is 9.59 Å². The van der Waals surface area contributed by atoms with Crippen LogP contribution in [0, 0.1) is 0 Å². The molecule has 0 saturated carbocycles. The van der Waals surface area contributed by atoms with Gasteiger partial charge in [0.15, 0.2) is 0 Å². The number of carbonyl (C=O) groups is 1. The Hall–Kier alpha value is -1.62. The molecule has 0 aromatic carbocycles. The Labute approximate surface area is 106 Å². The fraction of sp³-hybridized carbons (Fsp3) is 0.538. The smallest absolute Gasteiger partial charge is 0.254 e. The van der Waals surface area contributed by atoms with Crippen LogP contribution in [-0.4, -0.2) is 42.0 Å². The Balaban J connectivity index is 2.10. The first kappa shape index (κ1) is 12.8. The molecule has 2 heterocycles. The van der Waals surface area contributed by atoms with Gasteiger partial charge >= 0.3 is 0 Å². The van der Waals surface area contributed by atoms with E-state index in [1.807, 2.05) is 7.05 Å². The molecule has 0 aliphatic carbocycles. The Morgan fingerprint density at radius 1 is 1.39 bits per heavy atom.